The van der Waals surface area contributed by atoms with E-state index in [4.69, 9.17) is 32.9 Å². The Morgan fingerprint density at radius 3 is 2.62 bits per heavy atom. The Hall–Kier alpha value is -3.47. The van der Waals surface area contributed by atoms with Crippen molar-refractivity contribution in [2.75, 3.05) is 37.0 Å². The maximum Gasteiger partial charge on any atom is 0.407 e. The molecular weight excluding hydrogens is 618 g/mol. The molecule has 12 heteroatoms. The first-order valence-corrected chi connectivity index (χ1v) is 16.5. The molecule has 4 aromatic rings. The number of ether oxygens (including phenoxy) is 1. The van der Waals surface area contributed by atoms with Crippen LogP contribution in [0.15, 0.2) is 42.6 Å². The van der Waals surface area contributed by atoms with E-state index in [1.54, 1.807) is 17.2 Å². The molecule has 4 saturated heterocycles. The SMILES string of the molecule is O=C(O)N1[C@@H]2CC[C@H]1CN(c1nc(OCC34CCCN3C(CCl)CC4)nc3c(F)c(-c4cccc5cccc(Cl)c45)ncc13)C2. The highest BCUT2D eigenvalue weighted by Gasteiger charge is 2.49. The number of halogens is 3. The van der Waals surface area contributed by atoms with Crippen molar-refractivity contribution in [3.8, 4) is 17.3 Å². The lowest BCUT2D eigenvalue weighted by Crippen LogP contribution is -2.55. The summed E-state index contributed by atoms with van der Waals surface area (Å²) in [6, 6.07) is 11.3. The zero-order valence-corrected chi connectivity index (χ0v) is 26.1. The van der Waals surface area contributed by atoms with E-state index in [0.29, 0.717) is 53.4 Å². The number of carboxylic acid groups (broad SMARTS) is 1. The van der Waals surface area contributed by atoms with Crippen molar-refractivity contribution in [3.05, 3.63) is 53.4 Å². The molecule has 45 heavy (non-hydrogen) atoms. The summed E-state index contributed by atoms with van der Waals surface area (Å²) in [5.74, 6) is 0.517. The Kier molecular flexibility index (Phi) is 7.15. The van der Waals surface area contributed by atoms with Crippen molar-refractivity contribution in [1.29, 1.82) is 0 Å². The summed E-state index contributed by atoms with van der Waals surface area (Å²) < 4.78 is 23.1. The van der Waals surface area contributed by atoms with Gasteiger partial charge in [-0.05, 0) is 56.5 Å². The molecule has 4 aliphatic heterocycles. The van der Waals surface area contributed by atoms with E-state index in [2.05, 4.69) is 14.9 Å². The van der Waals surface area contributed by atoms with Gasteiger partial charge in [0.1, 0.15) is 23.6 Å². The van der Waals surface area contributed by atoms with Crippen molar-refractivity contribution in [2.45, 2.75) is 62.2 Å². The van der Waals surface area contributed by atoms with Gasteiger partial charge in [-0.3, -0.25) is 14.8 Å². The van der Waals surface area contributed by atoms with E-state index in [-0.39, 0.29) is 34.8 Å². The highest BCUT2D eigenvalue weighted by Crippen LogP contribution is 2.44. The minimum Gasteiger partial charge on any atom is -0.465 e. The van der Waals surface area contributed by atoms with Crippen LogP contribution in [0.25, 0.3) is 32.9 Å². The van der Waals surface area contributed by atoms with Crippen LogP contribution in [0.3, 0.4) is 0 Å². The monoisotopic (exact) mass is 650 g/mol. The Labute approximate surface area is 269 Å². The lowest BCUT2D eigenvalue weighted by Gasteiger charge is -2.40. The van der Waals surface area contributed by atoms with Crippen LogP contribution in [0, 0.1) is 5.82 Å². The number of anilines is 1. The average Bonchev–Trinajstić information content (AvgIpc) is 3.69. The van der Waals surface area contributed by atoms with E-state index >= 15 is 4.39 Å². The molecule has 9 nitrogen and oxygen atoms in total. The number of piperazine rings is 1. The molecule has 1 amide bonds. The first kappa shape index (κ1) is 29.0. The fourth-order valence-corrected chi connectivity index (χ4v) is 8.98. The molecule has 4 atom stereocenters. The molecule has 234 valence electrons. The fourth-order valence-electron chi connectivity index (χ4n) is 8.37. The molecule has 0 radical (unpaired) electrons. The van der Waals surface area contributed by atoms with Crippen molar-refractivity contribution < 1.29 is 19.0 Å². The van der Waals surface area contributed by atoms with E-state index in [1.807, 2.05) is 35.2 Å². The molecule has 2 bridgehead atoms. The maximum atomic E-state index is 16.7. The third kappa shape index (κ3) is 4.67. The largest absolute Gasteiger partial charge is 0.465 e. The average molecular weight is 652 g/mol. The van der Waals surface area contributed by atoms with Crippen molar-refractivity contribution in [1.82, 2.24) is 24.8 Å². The van der Waals surface area contributed by atoms with Crippen LogP contribution in [0.2, 0.25) is 5.02 Å². The molecule has 0 spiro atoms. The van der Waals surface area contributed by atoms with E-state index in [9.17, 15) is 9.90 Å². The molecule has 2 aromatic carbocycles. The van der Waals surface area contributed by atoms with Gasteiger partial charge in [0.05, 0.1) is 23.0 Å². The number of fused-ring (bicyclic) bond motifs is 5. The lowest BCUT2D eigenvalue weighted by molar-refractivity contribution is 0.0895. The van der Waals surface area contributed by atoms with Gasteiger partial charge in [0.2, 0.25) is 0 Å². The number of hydrogen-bond donors (Lipinski definition) is 1. The normalized spacial score (nSPS) is 26.2. The van der Waals surface area contributed by atoms with Crippen molar-refractivity contribution >= 4 is 56.8 Å². The van der Waals surface area contributed by atoms with Gasteiger partial charge in [-0.2, -0.15) is 9.97 Å². The molecule has 4 aliphatic rings. The highest BCUT2D eigenvalue weighted by atomic mass is 35.5. The zero-order valence-electron chi connectivity index (χ0n) is 24.6. The number of carbonyl (C=O) groups is 1. The zero-order chi connectivity index (χ0) is 30.9. The minimum absolute atomic E-state index is 0.105. The molecular formula is C33H33Cl2FN6O3. The molecule has 0 saturated carbocycles. The van der Waals surface area contributed by atoms with Crippen molar-refractivity contribution in [3.63, 3.8) is 0 Å². The summed E-state index contributed by atoms with van der Waals surface area (Å²) in [6.45, 7) is 2.28. The maximum absolute atomic E-state index is 16.7. The summed E-state index contributed by atoms with van der Waals surface area (Å²) in [5, 5.41) is 12.4. The summed E-state index contributed by atoms with van der Waals surface area (Å²) in [7, 11) is 0. The minimum atomic E-state index is -0.906. The third-order valence-electron chi connectivity index (χ3n) is 10.4. The number of amides is 1. The van der Waals surface area contributed by atoms with E-state index in [1.165, 1.54) is 0 Å². The molecule has 8 rings (SSSR count). The van der Waals surface area contributed by atoms with Crippen LogP contribution >= 0.6 is 23.2 Å². The second-order valence-electron chi connectivity index (χ2n) is 12.8. The van der Waals surface area contributed by atoms with Gasteiger partial charge < -0.3 is 14.7 Å². The molecule has 6 heterocycles. The number of nitrogens with zero attached hydrogens (tertiary/aromatic N) is 6. The third-order valence-corrected chi connectivity index (χ3v) is 11.1. The Balaban J connectivity index is 1.23. The quantitative estimate of drug-likeness (QED) is 0.234. The smallest absolute Gasteiger partial charge is 0.407 e. The number of rotatable bonds is 6. The topological polar surface area (TPSA) is 94.9 Å². The van der Waals surface area contributed by atoms with Crippen LogP contribution in [0.4, 0.5) is 15.0 Å². The summed E-state index contributed by atoms with van der Waals surface area (Å²) in [5.41, 5.74) is 0.704. The number of aromatic nitrogens is 3. The Morgan fingerprint density at radius 2 is 1.87 bits per heavy atom. The van der Waals surface area contributed by atoms with Gasteiger partial charge in [-0.25, -0.2) is 9.18 Å². The van der Waals surface area contributed by atoms with Gasteiger partial charge in [-0.15, -0.1) is 11.6 Å². The van der Waals surface area contributed by atoms with Gasteiger partial charge in [0.15, 0.2) is 5.82 Å². The predicted octanol–water partition coefficient (Wildman–Crippen LogP) is 6.58. The summed E-state index contributed by atoms with van der Waals surface area (Å²) in [4.78, 5) is 32.2. The fraction of sp³-hybridized carbons (Fsp3) is 0.455. The van der Waals surface area contributed by atoms with Crippen LogP contribution < -0.4 is 9.64 Å². The van der Waals surface area contributed by atoms with Crippen molar-refractivity contribution in [2.24, 2.45) is 0 Å². The molecule has 1 N–H and O–H groups in total. The number of hydrogen-bond acceptors (Lipinski definition) is 7. The number of pyridine rings is 1. The lowest BCUT2D eigenvalue weighted by atomic mass is 9.95. The standard InChI is InChI=1S/C33H33Cl2FN6O3/c34-14-20-10-12-33(11-3-13-41(20)33)18-45-31-38-29-24(30(39-31)40-16-21-8-9-22(17-40)42(21)32(43)44)15-37-28(27(29)36)23-6-1-4-19-5-2-7-25(35)26(19)23/h1-2,4-7,15,20-22H,3,8-14,16-18H2,(H,43,44)/t20?,21-,22+,33?. The van der Waals surface area contributed by atoms with Gasteiger partial charge in [0.25, 0.3) is 0 Å². The van der Waals surface area contributed by atoms with E-state index in [0.717, 1.165) is 55.8 Å². The van der Waals surface area contributed by atoms with Crippen LogP contribution in [-0.2, 0) is 0 Å². The first-order chi connectivity index (χ1) is 21.9. The predicted molar refractivity (Wildman–Crippen MR) is 172 cm³/mol. The second-order valence-corrected chi connectivity index (χ2v) is 13.5. The molecule has 2 unspecified atom stereocenters. The van der Waals surface area contributed by atoms with Crippen LogP contribution in [0.5, 0.6) is 6.01 Å². The van der Waals surface area contributed by atoms with Gasteiger partial charge in [0, 0.05) is 47.2 Å². The highest BCUT2D eigenvalue weighted by molar-refractivity contribution is 6.36. The Bertz CT molecular complexity index is 1810. The molecule has 0 aliphatic carbocycles. The Morgan fingerprint density at radius 1 is 1.09 bits per heavy atom. The molecule has 2 aromatic heterocycles. The number of benzene rings is 2. The van der Waals surface area contributed by atoms with Crippen LogP contribution in [0.1, 0.15) is 38.5 Å². The van der Waals surface area contributed by atoms with E-state index < -0.39 is 11.9 Å². The first-order valence-electron chi connectivity index (χ1n) is 15.6. The summed E-state index contributed by atoms with van der Waals surface area (Å²) >= 11 is 12.9. The molecule has 4 fully saturated rings. The van der Waals surface area contributed by atoms with Gasteiger partial charge in [-0.1, -0.05) is 41.9 Å². The van der Waals surface area contributed by atoms with Crippen LogP contribution in [-0.4, -0.2) is 91.7 Å². The second kappa shape index (κ2) is 11.1. The number of alkyl halides is 1. The van der Waals surface area contributed by atoms with Gasteiger partial charge >= 0.3 is 12.1 Å². The summed E-state index contributed by atoms with van der Waals surface area (Å²) in [6.07, 6.45) is 6.35.